The number of amides is 4. The van der Waals surface area contributed by atoms with Gasteiger partial charge in [0.2, 0.25) is 11.8 Å². The minimum absolute atomic E-state index is 0. The van der Waals surface area contributed by atoms with Crippen LogP contribution in [0.2, 0.25) is 0 Å². The van der Waals surface area contributed by atoms with E-state index in [0.717, 1.165) is 27.8 Å². The number of hydrogen-bond acceptors (Lipinski definition) is 12. The number of aliphatic hydroxyl groups excluding tert-OH is 2. The van der Waals surface area contributed by atoms with Crippen LogP contribution in [0.3, 0.4) is 0 Å². The van der Waals surface area contributed by atoms with Crippen molar-refractivity contribution in [1.29, 1.82) is 0 Å². The normalized spacial score (nSPS) is 14.7. The molecular formula is C85H102F2N6O10. The fraction of sp³-hybridized carbons (Fsp3) is 0.341. The summed E-state index contributed by atoms with van der Waals surface area (Å²) in [4.78, 5) is 63.1. The van der Waals surface area contributed by atoms with Gasteiger partial charge in [-0.25, -0.2) is 18.4 Å². The van der Waals surface area contributed by atoms with Crippen LogP contribution in [0.1, 0.15) is 93.5 Å². The second-order valence-electron chi connectivity index (χ2n) is 27.4. The van der Waals surface area contributed by atoms with Gasteiger partial charge in [-0.05, 0) is 123 Å². The molecule has 0 aromatic heterocycles. The second-order valence-corrected chi connectivity index (χ2v) is 27.4. The summed E-state index contributed by atoms with van der Waals surface area (Å²) in [5.41, 5.74) is 6.33. The van der Waals surface area contributed by atoms with Crippen LogP contribution in [0, 0.1) is 11.6 Å². The first-order chi connectivity index (χ1) is 49.0. The number of halogens is 2. The third kappa shape index (κ3) is 26.4. The van der Waals surface area contributed by atoms with E-state index in [1.807, 2.05) is 185 Å². The molecule has 16 nitrogen and oxygen atoms in total. The van der Waals surface area contributed by atoms with Gasteiger partial charge in [-0.2, -0.15) is 0 Å². The maximum absolute atomic E-state index is 15.1. The quantitative estimate of drug-likeness (QED) is 0.0469. The van der Waals surface area contributed by atoms with Crippen LogP contribution in [0.5, 0.6) is 11.5 Å². The predicted molar refractivity (Wildman–Crippen MR) is 402 cm³/mol. The molecule has 2 fully saturated rings. The van der Waals surface area contributed by atoms with E-state index >= 15 is 4.39 Å². The maximum Gasteiger partial charge on any atom is 0.411 e. The minimum Gasteiger partial charge on any atom is -0.489 e. The summed E-state index contributed by atoms with van der Waals surface area (Å²) in [7, 11) is 0. The molecule has 8 aromatic rings. The number of ether oxygens (including phenoxy) is 4. The molecule has 0 bridgehead atoms. The zero-order chi connectivity index (χ0) is 73.0. The second kappa shape index (κ2) is 40.0. The van der Waals surface area contributed by atoms with Gasteiger partial charge in [0.25, 0.3) is 0 Å². The monoisotopic (exact) mass is 1400 g/mol. The molecule has 10 rings (SSSR count). The van der Waals surface area contributed by atoms with E-state index in [1.165, 1.54) is 45.2 Å². The van der Waals surface area contributed by atoms with Gasteiger partial charge in [-0.3, -0.25) is 29.2 Å². The number of rotatable bonds is 27. The fourth-order valence-corrected chi connectivity index (χ4v) is 12.1. The Morgan fingerprint density at radius 2 is 0.893 bits per heavy atom. The number of benzene rings is 8. The summed E-state index contributed by atoms with van der Waals surface area (Å²) in [6, 6.07) is 66.5. The highest BCUT2D eigenvalue weighted by molar-refractivity contribution is 5.88. The van der Waals surface area contributed by atoms with Gasteiger partial charge in [-0.1, -0.05) is 215 Å². The Labute approximate surface area is 608 Å². The first-order valence-electron chi connectivity index (χ1n) is 34.6. The highest BCUT2D eigenvalue weighted by Crippen LogP contribution is 2.30. The fourth-order valence-electron chi connectivity index (χ4n) is 12.1. The van der Waals surface area contributed by atoms with Crippen LogP contribution in [0.4, 0.5) is 18.4 Å². The van der Waals surface area contributed by atoms with E-state index in [9.17, 15) is 33.8 Å². The zero-order valence-corrected chi connectivity index (χ0v) is 59.6. The molecule has 8 aromatic carbocycles. The third-order valence-electron chi connectivity index (χ3n) is 16.9. The molecule has 0 aliphatic carbocycles. The largest absolute Gasteiger partial charge is 0.489 e. The molecular weight excluding hydrogens is 1300 g/mol. The Kier molecular flexibility index (Phi) is 31.2. The van der Waals surface area contributed by atoms with Crippen molar-refractivity contribution in [3.8, 4) is 11.5 Å². The van der Waals surface area contributed by atoms with Gasteiger partial charge in [-0.15, -0.1) is 0 Å². The average Bonchev–Trinajstić information content (AvgIpc) is 0.776. The molecule has 2 aliphatic rings. The molecule has 2 saturated heterocycles. The number of piperazine rings is 2. The minimum atomic E-state index is -1.41. The van der Waals surface area contributed by atoms with Crippen LogP contribution in [0.15, 0.2) is 244 Å². The zero-order valence-electron chi connectivity index (χ0n) is 59.6. The summed E-state index contributed by atoms with van der Waals surface area (Å²) in [6.45, 7) is 23.2. The maximum atomic E-state index is 15.1. The topological polar surface area (TPSA) is 165 Å². The lowest BCUT2D eigenvalue weighted by Crippen LogP contribution is -2.66. The highest BCUT2D eigenvalue weighted by atomic mass is 19.1. The lowest BCUT2D eigenvalue weighted by molar-refractivity contribution is -0.150. The molecule has 0 spiro atoms. The number of nitrogens with zero attached hydrogens (tertiary/aromatic N) is 6. The molecule has 18 heteroatoms. The van der Waals surface area contributed by atoms with Crippen LogP contribution in [-0.2, 0) is 71.2 Å². The summed E-state index contributed by atoms with van der Waals surface area (Å²) >= 11 is 0. The van der Waals surface area contributed by atoms with Crippen molar-refractivity contribution in [2.45, 2.75) is 137 Å². The van der Waals surface area contributed by atoms with E-state index in [1.54, 1.807) is 48.8 Å². The molecule has 2 aliphatic heterocycles. The summed E-state index contributed by atoms with van der Waals surface area (Å²) < 4.78 is 51.5. The molecule has 4 atom stereocenters. The number of hydrogen-bond donors (Lipinski definition) is 2. The highest BCUT2D eigenvalue weighted by Gasteiger charge is 2.47. The predicted octanol–water partition coefficient (Wildman–Crippen LogP) is 14.9. The Morgan fingerprint density at radius 3 is 1.29 bits per heavy atom. The van der Waals surface area contributed by atoms with Crippen LogP contribution in [0.25, 0.3) is 0 Å². The first kappa shape index (κ1) is 80.3. The Bertz CT molecular complexity index is 3820. The van der Waals surface area contributed by atoms with Gasteiger partial charge in [0, 0.05) is 89.7 Å². The molecule has 0 unspecified atom stereocenters. The summed E-state index contributed by atoms with van der Waals surface area (Å²) in [5.74, 6) is -0.470. The van der Waals surface area contributed by atoms with E-state index < -0.39 is 47.4 Å². The Hall–Kier alpha value is -9.98. The SMILES string of the molecule is C.C=CCOc1cc(F)cc(C[C@H](CO)N(Cc2ccccc2)Cc2ccccc2)c1.C=CCOc1cc(F)cc(C[C@H]([C@H](O)[C@H]2C(=O)N(Cc3ccccc3)CCN2C(=O)OC(C)(C)C)N(Cc2ccccc2)Cc2ccccc2)c1.CC(C)(C)OC(=O)N1CCN(Cc2ccccc2)C(=O)C1. The van der Waals surface area contributed by atoms with Crippen molar-refractivity contribution in [2.24, 2.45) is 0 Å². The molecule has 4 amide bonds. The van der Waals surface area contributed by atoms with Gasteiger partial charge < -0.3 is 39.0 Å². The van der Waals surface area contributed by atoms with Crippen LogP contribution < -0.4 is 9.47 Å². The van der Waals surface area contributed by atoms with Crippen LogP contribution in [-0.4, -0.2) is 152 Å². The lowest BCUT2D eigenvalue weighted by Gasteiger charge is -2.46. The van der Waals surface area contributed by atoms with E-state index in [0.29, 0.717) is 82.4 Å². The molecule has 2 N–H and O–H groups in total. The standard InChI is InChI=1S/C42H48FN3O5.C26H28FNO2.C16H22N2O3.CH4/c1-5-23-50-36-25-34(24-35(43)27-36)26-37(45(29-32-17-11-7-12-18-32)30-33-19-13-8-14-20-33)39(47)38-40(48)44(28-31-15-9-6-10-16-31)21-22-46(38)41(49)51-42(2,3)4;1-2-13-30-26-16-23(14-24(27)17-26)15-25(20-29)28(18-21-9-5-3-6-10-21)19-22-11-7-4-8-12-22;1-16(2,3)21-15(20)18-10-9-17(14(19)12-18)11-13-7-5-4-6-8-13;/h5-20,24-25,27,37-39,47H,1,21-23,26,28-30H2,2-4H3;2-12,14,16-17,25,29H,1,13,15,18-20H2;4-8H,9-12H2,1-3H3;1H4/t37-,38+,39+;25-;;/m11../s1. The number of carbonyl (C=O) groups excluding carboxylic acids is 4. The van der Waals surface area contributed by atoms with Crippen molar-refractivity contribution >= 4 is 24.0 Å². The van der Waals surface area contributed by atoms with E-state index in [4.69, 9.17) is 18.9 Å². The number of carbonyl (C=O) groups is 4. The van der Waals surface area contributed by atoms with Gasteiger partial charge >= 0.3 is 12.2 Å². The van der Waals surface area contributed by atoms with Crippen molar-refractivity contribution < 1.29 is 57.1 Å². The molecule has 0 saturated carbocycles. The van der Waals surface area contributed by atoms with Crippen molar-refractivity contribution in [3.63, 3.8) is 0 Å². The third-order valence-corrected chi connectivity index (χ3v) is 16.9. The number of aliphatic hydroxyl groups is 2. The van der Waals surface area contributed by atoms with Crippen molar-refractivity contribution in [2.75, 3.05) is 52.5 Å². The van der Waals surface area contributed by atoms with Crippen LogP contribution >= 0.6 is 0 Å². The first-order valence-corrected chi connectivity index (χ1v) is 34.6. The Balaban J connectivity index is 0.000000240. The molecule has 2 heterocycles. The van der Waals surface area contributed by atoms with Gasteiger partial charge in [0.1, 0.15) is 60.1 Å². The van der Waals surface area contributed by atoms with E-state index in [2.05, 4.69) is 47.2 Å². The molecule has 103 heavy (non-hydrogen) atoms. The summed E-state index contributed by atoms with van der Waals surface area (Å²) in [6.07, 6.45) is 1.36. The van der Waals surface area contributed by atoms with Crippen molar-refractivity contribution in [3.05, 3.63) is 300 Å². The van der Waals surface area contributed by atoms with E-state index in [-0.39, 0.29) is 70.4 Å². The smallest absolute Gasteiger partial charge is 0.411 e. The van der Waals surface area contributed by atoms with Crippen molar-refractivity contribution in [1.82, 2.24) is 29.4 Å². The lowest BCUT2D eigenvalue weighted by atomic mass is 9.91. The average molecular weight is 1410 g/mol. The Morgan fingerprint density at radius 1 is 0.515 bits per heavy atom. The summed E-state index contributed by atoms with van der Waals surface area (Å²) in [5, 5.41) is 22.9. The molecule has 0 radical (unpaired) electrons. The van der Waals surface area contributed by atoms with Gasteiger partial charge in [0.05, 0.1) is 12.7 Å². The van der Waals surface area contributed by atoms with Gasteiger partial charge in [0.15, 0.2) is 0 Å². The molecule has 546 valence electrons.